The van der Waals surface area contributed by atoms with Crippen molar-refractivity contribution in [1.29, 1.82) is 0 Å². The summed E-state index contributed by atoms with van der Waals surface area (Å²) in [5, 5.41) is 5.73. The molecule has 0 radical (unpaired) electrons. The van der Waals surface area contributed by atoms with Crippen LogP contribution in [-0.4, -0.2) is 59.5 Å². The van der Waals surface area contributed by atoms with Crippen LogP contribution in [0, 0.1) is 5.92 Å². The summed E-state index contributed by atoms with van der Waals surface area (Å²) in [5.74, 6) is 0.692. The maximum atomic E-state index is 13.1. The first kappa shape index (κ1) is 17.2. The van der Waals surface area contributed by atoms with E-state index in [0.717, 1.165) is 44.0 Å². The van der Waals surface area contributed by atoms with Crippen LogP contribution < -0.4 is 5.32 Å². The van der Waals surface area contributed by atoms with Crippen molar-refractivity contribution in [3.8, 4) is 0 Å². The molecule has 3 fully saturated rings. The Morgan fingerprint density at radius 2 is 1.89 bits per heavy atom. The maximum Gasteiger partial charge on any atom is 0.273 e. The van der Waals surface area contributed by atoms with Crippen LogP contribution in [0.1, 0.15) is 34.5 Å². The van der Waals surface area contributed by atoms with Crippen LogP contribution in [0.5, 0.6) is 0 Å². The molecule has 1 N–H and O–H groups in total. The van der Waals surface area contributed by atoms with Gasteiger partial charge in [0.1, 0.15) is 5.69 Å². The average Bonchev–Trinajstić information content (AvgIpc) is 3.25. The zero-order chi connectivity index (χ0) is 18.4. The van der Waals surface area contributed by atoms with Crippen LogP contribution in [0.4, 0.5) is 5.13 Å². The first-order valence-corrected chi connectivity index (χ1v) is 10.8. The number of amides is 1. The lowest BCUT2D eigenvalue weighted by Crippen LogP contribution is -2.48. The van der Waals surface area contributed by atoms with E-state index in [1.807, 2.05) is 12.4 Å². The smallest absolute Gasteiger partial charge is 0.273 e. The Kier molecular flexibility index (Phi) is 4.40. The number of carbonyl (C=O) groups is 1. The van der Waals surface area contributed by atoms with Crippen molar-refractivity contribution in [2.24, 2.45) is 5.92 Å². The summed E-state index contributed by atoms with van der Waals surface area (Å²) in [7, 11) is 1.85. The molecule has 1 aliphatic carbocycles. The van der Waals surface area contributed by atoms with Gasteiger partial charge in [0.25, 0.3) is 5.91 Å². The molecule has 0 saturated carbocycles. The van der Waals surface area contributed by atoms with Gasteiger partial charge in [-0.05, 0) is 42.7 Å². The van der Waals surface area contributed by atoms with Crippen LogP contribution >= 0.6 is 11.3 Å². The molecule has 27 heavy (non-hydrogen) atoms. The van der Waals surface area contributed by atoms with Crippen LogP contribution in [0.15, 0.2) is 29.6 Å². The summed E-state index contributed by atoms with van der Waals surface area (Å²) in [5.41, 5.74) is 3.61. The number of aromatic nitrogens is 1. The zero-order valence-electron chi connectivity index (χ0n) is 15.7. The van der Waals surface area contributed by atoms with Crippen molar-refractivity contribution in [2.75, 3.05) is 32.0 Å². The SMILES string of the molecule is CNc1nc(C(=O)N2C[C@H]3CC[C@@H]2CN(C2Cc4ccccc4C2)C3)cs1. The summed E-state index contributed by atoms with van der Waals surface area (Å²) >= 11 is 1.50. The lowest BCUT2D eigenvalue weighted by molar-refractivity contribution is 0.0576. The van der Waals surface area contributed by atoms with Gasteiger partial charge in [-0.25, -0.2) is 4.98 Å². The molecular weight excluding hydrogens is 356 g/mol. The number of carbonyl (C=O) groups excluding carboxylic acids is 1. The highest BCUT2D eigenvalue weighted by atomic mass is 32.1. The molecule has 1 aromatic carbocycles. The Morgan fingerprint density at radius 1 is 1.11 bits per heavy atom. The van der Waals surface area contributed by atoms with E-state index in [4.69, 9.17) is 0 Å². The van der Waals surface area contributed by atoms with Crippen LogP contribution in [0.25, 0.3) is 0 Å². The minimum atomic E-state index is 0.110. The topological polar surface area (TPSA) is 48.5 Å². The highest BCUT2D eigenvalue weighted by molar-refractivity contribution is 7.13. The summed E-state index contributed by atoms with van der Waals surface area (Å²) in [4.78, 5) is 22.3. The average molecular weight is 383 g/mol. The van der Waals surface area contributed by atoms with Gasteiger partial charge in [-0.3, -0.25) is 9.69 Å². The molecule has 5 nitrogen and oxygen atoms in total. The summed E-state index contributed by atoms with van der Waals surface area (Å²) in [6.07, 6.45) is 4.67. The lowest BCUT2D eigenvalue weighted by atomic mass is 9.95. The van der Waals surface area contributed by atoms with E-state index in [1.165, 1.54) is 28.9 Å². The Hall–Kier alpha value is -1.92. The summed E-state index contributed by atoms with van der Waals surface area (Å²) < 4.78 is 0. The fourth-order valence-corrected chi connectivity index (χ4v) is 5.74. The Morgan fingerprint density at radius 3 is 2.59 bits per heavy atom. The van der Waals surface area contributed by atoms with Crippen LogP contribution in [0.2, 0.25) is 0 Å². The monoisotopic (exact) mass is 382 g/mol. The molecule has 2 aromatic rings. The van der Waals surface area contributed by atoms with Crippen molar-refractivity contribution in [2.45, 2.75) is 37.8 Å². The van der Waals surface area contributed by atoms with E-state index in [1.54, 1.807) is 0 Å². The van der Waals surface area contributed by atoms with Crippen molar-refractivity contribution in [3.63, 3.8) is 0 Å². The van der Waals surface area contributed by atoms with Crippen LogP contribution in [-0.2, 0) is 12.8 Å². The third kappa shape index (κ3) is 3.15. The molecule has 4 heterocycles. The van der Waals surface area contributed by atoms with Gasteiger partial charge in [-0.1, -0.05) is 24.3 Å². The normalized spacial score (nSPS) is 25.4. The highest BCUT2D eigenvalue weighted by Crippen LogP contribution is 2.33. The van der Waals surface area contributed by atoms with Gasteiger partial charge < -0.3 is 10.2 Å². The summed E-state index contributed by atoms with van der Waals surface area (Å²) in [6.45, 7) is 3.01. The molecule has 0 unspecified atom stereocenters. The van der Waals surface area contributed by atoms with Gasteiger partial charge in [-0.2, -0.15) is 0 Å². The molecule has 0 spiro atoms. The molecule has 4 aliphatic rings. The number of hydrogen-bond acceptors (Lipinski definition) is 5. The number of piperidine rings is 1. The molecule has 2 bridgehead atoms. The number of benzene rings is 1. The predicted octanol–water partition coefficient (Wildman–Crippen LogP) is 2.89. The molecule has 2 atom stereocenters. The molecule has 6 heteroatoms. The van der Waals surface area contributed by atoms with E-state index in [9.17, 15) is 4.79 Å². The summed E-state index contributed by atoms with van der Waals surface area (Å²) in [6, 6.07) is 9.77. The second-order valence-corrected chi connectivity index (χ2v) is 8.99. The molecule has 1 aromatic heterocycles. The lowest BCUT2D eigenvalue weighted by Gasteiger charge is -2.36. The first-order valence-electron chi connectivity index (χ1n) is 9.96. The standard InChI is InChI=1S/C21H26N4OS/c1-22-21-23-19(13-27-21)20(26)25-11-14-6-7-17(25)12-24(10-14)18-8-15-4-2-3-5-16(15)9-18/h2-5,13-14,17-18H,6-12H2,1H3,(H,22,23)/t14-,17+/m0/s1. The Balaban J connectivity index is 1.33. The highest BCUT2D eigenvalue weighted by Gasteiger charge is 2.40. The van der Waals surface area contributed by atoms with Crippen molar-refractivity contribution in [1.82, 2.24) is 14.8 Å². The maximum absolute atomic E-state index is 13.1. The Labute approximate surface area is 164 Å². The predicted molar refractivity (Wildman–Crippen MR) is 108 cm³/mol. The number of anilines is 1. The quantitative estimate of drug-likeness (QED) is 0.887. The second-order valence-electron chi connectivity index (χ2n) is 8.13. The minimum absolute atomic E-state index is 0.110. The number of hydrogen-bond donors (Lipinski definition) is 1. The van der Waals surface area contributed by atoms with E-state index in [-0.39, 0.29) is 5.91 Å². The van der Waals surface area contributed by atoms with Gasteiger partial charge in [0, 0.05) is 44.1 Å². The zero-order valence-corrected chi connectivity index (χ0v) is 16.5. The van der Waals surface area contributed by atoms with Crippen molar-refractivity contribution >= 4 is 22.4 Å². The van der Waals surface area contributed by atoms with E-state index >= 15 is 0 Å². The first-order chi connectivity index (χ1) is 13.2. The number of nitrogens with one attached hydrogen (secondary N) is 1. The molecule has 3 saturated heterocycles. The molecular formula is C21H26N4OS. The molecule has 142 valence electrons. The van der Waals surface area contributed by atoms with Gasteiger partial charge >= 0.3 is 0 Å². The third-order valence-corrected chi connectivity index (χ3v) is 7.35. The van der Waals surface area contributed by atoms with E-state index < -0.39 is 0 Å². The molecule has 6 rings (SSSR count). The van der Waals surface area contributed by atoms with E-state index in [2.05, 4.69) is 44.4 Å². The molecule has 1 amide bonds. The number of thiazole rings is 1. The Bertz CT molecular complexity index is 825. The van der Waals surface area contributed by atoms with Crippen molar-refractivity contribution < 1.29 is 4.79 Å². The number of nitrogens with zero attached hydrogens (tertiary/aromatic N) is 3. The van der Waals surface area contributed by atoms with Gasteiger partial charge in [-0.15, -0.1) is 11.3 Å². The number of fused-ring (bicyclic) bond motifs is 5. The fraction of sp³-hybridized carbons (Fsp3) is 0.524. The number of rotatable bonds is 3. The minimum Gasteiger partial charge on any atom is -0.365 e. The largest absolute Gasteiger partial charge is 0.365 e. The molecule has 3 aliphatic heterocycles. The third-order valence-electron chi connectivity index (χ3n) is 6.49. The van der Waals surface area contributed by atoms with E-state index in [0.29, 0.717) is 23.7 Å². The van der Waals surface area contributed by atoms with Gasteiger partial charge in [0.2, 0.25) is 0 Å². The second kappa shape index (κ2) is 6.91. The van der Waals surface area contributed by atoms with Crippen LogP contribution in [0.3, 0.4) is 0 Å². The van der Waals surface area contributed by atoms with Crippen molar-refractivity contribution in [3.05, 3.63) is 46.5 Å². The van der Waals surface area contributed by atoms with Gasteiger partial charge in [0.05, 0.1) is 0 Å². The fourth-order valence-electron chi connectivity index (χ4n) is 5.09. The van der Waals surface area contributed by atoms with Gasteiger partial charge in [0.15, 0.2) is 5.13 Å².